The highest BCUT2D eigenvalue weighted by atomic mass is 32.1. The van der Waals surface area contributed by atoms with E-state index >= 15 is 0 Å². The molecule has 0 aromatic carbocycles. The second-order valence-electron chi connectivity index (χ2n) is 3.34. The molecule has 2 nitrogen and oxygen atoms in total. The normalized spacial score (nSPS) is 10.7. The Bertz CT molecular complexity index is 87.3. The predicted molar refractivity (Wildman–Crippen MR) is 62.9 cm³/mol. The fraction of sp³-hybridized carbons (Fsp3) is 1.00. The molecule has 0 saturated carbocycles. The Morgan fingerprint density at radius 1 is 0.786 bits per heavy atom. The molecule has 0 atom stereocenters. The Kier molecular flexibility index (Phi) is 13.5. The van der Waals surface area contributed by atoms with Gasteiger partial charge in [-0.15, -0.1) is 0 Å². The maximum Gasteiger partial charge on any atom is 0.0474 e. The Morgan fingerprint density at radius 3 is 1.79 bits per heavy atom. The molecule has 85 valence electrons. The Labute approximate surface area is 93.8 Å². The summed E-state index contributed by atoms with van der Waals surface area (Å²) in [5.74, 6) is 0.806. The van der Waals surface area contributed by atoms with Crippen LogP contribution in [0.2, 0.25) is 0 Å². The molecule has 0 heterocycles. The molecular weight excluding hydrogens is 196 g/mol. The molecule has 0 saturated heterocycles. The zero-order valence-corrected chi connectivity index (χ0v) is 10.1. The first-order valence-electron chi connectivity index (χ1n) is 5.65. The molecule has 0 unspecified atom stereocenters. The monoisotopic (exact) mass is 219 g/mol. The van der Waals surface area contributed by atoms with E-state index in [1.54, 1.807) is 0 Å². The number of hydrogen-bond donors (Lipinski definition) is 0. The van der Waals surface area contributed by atoms with Gasteiger partial charge in [-0.3, -0.25) is 0 Å². The molecule has 0 rings (SSSR count). The smallest absolute Gasteiger partial charge is 0.0474 e. The summed E-state index contributed by atoms with van der Waals surface area (Å²) in [6.45, 7) is 5.64. The quantitative estimate of drug-likeness (QED) is 0.497. The third-order valence-corrected chi connectivity index (χ3v) is 2.19. The van der Waals surface area contributed by atoms with Crippen molar-refractivity contribution in [3.8, 4) is 0 Å². The zero-order valence-electron chi connectivity index (χ0n) is 9.30. The summed E-state index contributed by atoms with van der Waals surface area (Å²) >= 11 is 4.81. The summed E-state index contributed by atoms with van der Waals surface area (Å²) in [6, 6.07) is 0. The third kappa shape index (κ3) is 12.3. The molecule has 3 heteroatoms. The SMILES string of the molecule is CCCCOCCCCOCCC[S]. The second-order valence-corrected chi connectivity index (χ2v) is 3.75. The lowest BCUT2D eigenvalue weighted by Gasteiger charge is -2.04. The Hall–Kier alpha value is 0.270. The molecule has 0 aliphatic carbocycles. The zero-order chi connectivity index (χ0) is 10.5. The van der Waals surface area contributed by atoms with Gasteiger partial charge >= 0.3 is 0 Å². The van der Waals surface area contributed by atoms with Crippen LogP contribution >= 0.6 is 12.6 Å². The van der Waals surface area contributed by atoms with Crippen molar-refractivity contribution >= 4 is 12.6 Å². The maximum absolute atomic E-state index is 5.43. The molecule has 0 N–H and O–H groups in total. The van der Waals surface area contributed by atoms with Crippen LogP contribution in [-0.2, 0) is 9.47 Å². The summed E-state index contributed by atoms with van der Waals surface area (Å²) in [5.41, 5.74) is 0. The maximum atomic E-state index is 5.43. The lowest BCUT2D eigenvalue weighted by atomic mass is 10.3. The molecule has 14 heavy (non-hydrogen) atoms. The highest BCUT2D eigenvalue weighted by molar-refractivity contribution is 7.80. The molecule has 1 radical (unpaired) electrons. The highest BCUT2D eigenvalue weighted by Crippen LogP contribution is 1.95. The molecule has 0 aromatic rings. The van der Waals surface area contributed by atoms with Gasteiger partial charge in [0.1, 0.15) is 0 Å². The lowest BCUT2D eigenvalue weighted by Crippen LogP contribution is -2.01. The van der Waals surface area contributed by atoms with Crippen LogP contribution in [0.4, 0.5) is 0 Å². The molecule has 0 aromatic heterocycles. The largest absolute Gasteiger partial charge is 0.381 e. The van der Waals surface area contributed by atoms with Gasteiger partial charge in [-0.25, -0.2) is 0 Å². The number of unbranched alkanes of at least 4 members (excludes halogenated alkanes) is 2. The van der Waals surface area contributed by atoms with Crippen molar-refractivity contribution in [1.29, 1.82) is 0 Å². The van der Waals surface area contributed by atoms with Crippen LogP contribution in [0, 0.1) is 0 Å². The van der Waals surface area contributed by atoms with Gasteiger partial charge in [-0.05, 0) is 25.7 Å². The van der Waals surface area contributed by atoms with Crippen molar-refractivity contribution in [2.45, 2.75) is 39.0 Å². The second kappa shape index (κ2) is 13.3. The summed E-state index contributed by atoms with van der Waals surface area (Å²) in [5, 5.41) is 0. The summed E-state index contributed by atoms with van der Waals surface area (Å²) in [7, 11) is 0. The predicted octanol–water partition coefficient (Wildman–Crippen LogP) is 3.19. The van der Waals surface area contributed by atoms with Gasteiger partial charge < -0.3 is 9.47 Å². The van der Waals surface area contributed by atoms with Crippen LogP contribution in [0.25, 0.3) is 0 Å². The topological polar surface area (TPSA) is 18.5 Å². The van der Waals surface area contributed by atoms with E-state index in [-0.39, 0.29) is 0 Å². The van der Waals surface area contributed by atoms with Gasteiger partial charge in [-0.1, -0.05) is 26.0 Å². The van der Waals surface area contributed by atoms with Crippen LogP contribution in [0.5, 0.6) is 0 Å². The molecular formula is C11H23O2S. The van der Waals surface area contributed by atoms with Crippen molar-refractivity contribution in [1.82, 2.24) is 0 Å². The third-order valence-electron chi connectivity index (χ3n) is 1.90. The van der Waals surface area contributed by atoms with E-state index in [9.17, 15) is 0 Å². The van der Waals surface area contributed by atoms with Gasteiger partial charge in [0.25, 0.3) is 0 Å². The van der Waals surface area contributed by atoms with Gasteiger partial charge in [-0.2, -0.15) is 0 Å². The highest BCUT2D eigenvalue weighted by Gasteiger charge is 1.91. The van der Waals surface area contributed by atoms with Crippen LogP contribution < -0.4 is 0 Å². The number of ether oxygens (including phenoxy) is 2. The molecule has 0 bridgehead atoms. The van der Waals surface area contributed by atoms with E-state index in [1.165, 1.54) is 12.8 Å². The molecule has 0 aliphatic heterocycles. The first-order chi connectivity index (χ1) is 6.91. The van der Waals surface area contributed by atoms with E-state index in [4.69, 9.17) is 22.1 Å². The number of hydrogen-bond acceptors (Lipinski definition) is 2. The first-order valence-corrected chi connectivity index (χ1v) is 6.23. The minimum Gasteiger partial charge on any atom is -0.381 e. The van der Waals surface area contributed by atoms with Crippen LogP contribution in [0.3, 0.4) is 0 Å². The van der Waals surface area contributed by atoms with Crippen molar-refractivity contribution < 1.29 is 9.47 Å². The molecule has 0 amide bonds. The fourth-order valence-electron chi connectivity index (χ4n) is 1.02. The standard InChI is InChI=1S/C11H23O2S/c1-2-3-7-12-8-4-5-9-13-10-6-11-14/h2-11H2,1H3. The van der Waals surface area contributed by atoms with E-state index in [0.717, 1.165) is 51.4 Å². The van der Waals surface area contributed by atoms with Crippen LogP contribution in [0.15, 0.2) is 0 Å². The summed E-state index contributed by atoms with van der Waals surface area (Å²) in [4.78, 5) is 0. The average Bonchev–Trinajstić information content (AvgIpc) is 2.21. The average molecular weight is 219 g/mol. The molecule has 0 fully saturated rings. The van der Waals surface area contributed by atoms with Crippen LogP contribution in [-0.4, -0.2) is 32.2 Å². The van der Waals surface area contributed by atoms with E-state index in [0.29, 0.717) is 0 Å². The van der Waals surface area contributed by atoms with E-state index in [2.05, 4.69) is 6.92 Å². The molecule has 0 aliphatic rings. The summed E-state index contributed by atoms with van der Waals surface area (Å²) < 4.78 is 10.8. The van der Waals surface area contributed by atoms with E-state index < -0.39 is 0 Å². The van der Waals surface area contributed by atoms with Gasteiger partial charge in [0.15, 0.2) is 0 Å². The fourth-order valence-corrected chi connectivity index (χ4v) is 1.14. The first kappa shape index (κ1) is 14.3. The van der Waals surface area contributed by atoms with Crippen molar-refractivity contribution in [2.24, 2.45) is 0 Å². The minimum atomic E-state index is 0.806. The Morgan fingerprint density at radius 2 is 1.29 bits per heavy atom. The van der Waals surface area contributed by atoms with Gasteiger partial charge in [0.05, 0.1) is 0 Å². The van der Waals surface area contributed by atoms with Crippen LogP contribution in [0.1, 0.15) is 39.0 Å². The Balaban J connectivity index is 2.78. The minimum absolute atomic E-state index is 0.806. The van der Waals surface area contributed by atoms with E-state index in [1.807, 2.05) is 0 Å². The van der Waals surface area contributed by atoms with Crippen molar-refractivity contribution in [3.63, 3.8) is 0 Å². The van der Waals surface area contributed by atoms with Gasteiger partial charge in [0, 0.05) is 32.2 Å². The van der Waals surface area contributed by atoms with Crippen molar-refractivity contribution in [3.05, 3.63) is 0 Å². The van der Waals surface area contributed by atoms with Crippen molar-refractivity contribution in [2.75, 3.05) is 32.2 Å². The number of rotatable bonds is 11. The lowest BCUT2D eigenvalue weighted by molar-refractivity contribution is 0.102. The van der Waals surface area contributed by atoms with Gasteiger partial charge in [0.2, 0.25) is 0 Å². The molecule has 0 spiro atoms. The summed E-state index contributed by atoms with van der Waals surface area (Å²) in [6.07, 6.45) is 5.60.